The van der Waals surface area contributed by atoms with Crippen molar-refractivity contribution in [1.82, 2.24) is 14.5 Å². The molecule has 2 heterocycles. The highest BCUT2D eigenvalue weighted by Crippen LogP contribution is 2.18. The smallest absolute Gasteiger partial charge is 0.278 e. The molecule has 170 valence electrons. The largest absolute Gasteiger partial charge is 0.322 e. The van der Waals surface area contributed by atoms with E-state index in [0.29, 0.717) is 34.7 Å². The lowest BCUT2D eigenvalue weighted by molar-refractivity contribution is -0.111. The van der Waals surface area contributed by atoms with Crippen molar-refractivity contribution in [3.8, 4) is 5.69 Å². The number of aromatic nitrogens is 3. The van der Waals surface area contributed by atoms with Crippen LogP contribution in [-0.4, -0.2) is 20.4 Å². The van der Waals surface area contributed by atoms with Crippen LogP contribution in [0.5, 0.6) is 0 Å². The van der Waals surface area contributed by atoms with E-state index in [1.165, 1.54) is 6.08 Å². The molecule has 0 aliphatic rings. The fourth-order valence-corrected chi connectivity index (χ4v) is 3.85. The summed E-state index contributed by atoms with van der Waals surface area (Å²) in [5.74, 6) is -0.263. The zero-order valence-electron chi connectivity index (χ0n) is 18.8. The Hall–Kier alpha value is -4.84. The quantitative estimate of drug-likeness (QED) is 0.362. The summed E-state index contributed by atoms with van der Waals surface area (Å²) in [7, 11) is 0. The van der Waals surface area contributed by atoms with Gasteiger partial charge in [0.05, 0.1) is 5.69 Å². The molecule has 1 N–H and O–H groups in total. The van der Waals surface area contributed by atoms with Crippen molar-refractivity contribution in [3.63, 3.8) is 0 Å². The summed E-state index contributed by atoms with van der Waals surface area (Å²) in [6.07, 6.45) is 5.28. The first-order valence-electron chi connectivity index (χ1n) is 11.2. The minimum atomic E-state index is -0.263. The Labute approximate surface area is 202 Å². The van der Waals surface area contributed by atoms with Crippen LogP contribution in [0.1, 0.15) is 16.8 Å². The summed E-state index contributed by atoms with van der Waals surface area (Å²) in [4.78, 5) is 35.1. The van der Waals surface area contributed by atoms with Crippen LogP contribution < -0.4 is 10.9 Å². The first-order valence-corrected chi connectivity index (χ1v) is 11.2. The number of carbonyl (C=O) groups is 1. The fourth-order valence-electron chi connectivity index (χ4n) is 3.85. The number of hydrogen-bond donors (Lipinski definition) is 1. The number of amides is 1. The molecular formula is C29H22N4O2. The summed E-state index contributed by atoms with van der Waals surface area (Å²) in [6, 6.07) is 30.1. The highest BCUT2D eigenvalue weighted by Gasteiger charge is 2.14. The minimum Gasteiger partial charge on any atom is -0.322 e. The Balaban J connectivity index is 1.50. The second-order valence-corrected chi connectivity index (χ2v) is 7.99. The molecule has 2 aromatic heterocycles. The van der Waals surface area contributed by atoms with Gasteiger partial charge in [-0.1, -0.05) is 66.7 Å². The summed E-state index contributed by atoms with van der Waals surface area (Å²) >= 11 is 0. The molecule has 5 aromatic rings. The number of rotatable bonds is 6. The molecule has 0 radical (unpaired) electrons. The summed E-state index contributed by atoms with van der Waals surface area (Å²) in [6.45, 7) is 0. The third-order valence-electron chi connectivity index (χ3n) is 5.50. The molecule has 5 rings (SSSR count). The van der Waals surface area contributed by atoms with Crippen LogP contribution in [0, 0.1) is 0 Å². The van der Waals surface area contributed by atoms with Crippen molar-refractivity contribution in [3.05, 3.63) is 137 Å². The van der Waals surface area contributed by atoms with Gasteiger partial charge in [0.2, 0.25) is 5.91 Å². The maximum absolute atomic E-state index is 13.5. The topological polar surface area (TPSA) is 76.9 Å². The van der Waals surface area contributed by atoms with Crippen LogP contribution in [0.4, 0.5) is 5.69 Å². The predicted molar refractivity (Wildman–Crippen MR) is 138 cm³/mol. The van der Waals surface area contributed by atoms with Gasteiger partial charge in [0.1, 0.15) is 11.2 Å². The Bertz CT molecular complexity index is 1580. The third-order valence-corrected chi connectivity index (χ3v) is 5.50. The zero-order chi connectivity index (χ0) is 24.0. The van der Waals surface area contributed by atoms with Gasteiger partial charge in [-0.3, -0.25) is 14.2 Å². The van der Waals surface area contributed by atoms with E-state index in [9.17, 15) is 9.59 Å². The van der Waals surface area contributed by atoms with Gasteiger partial charge in [-0.15, -0.1) is 0 Å². The lowest BCUT2D eigenvalue weighted by Crippen LogP contribution is -2.25. The van der Waals surface area contributed by atoms with Gasteiger partial charge in [-0.25, -0.2) is 9.97 Å². The zero-order valence-corrected chi connectivity index (χ0v) is 18.8. The number of carbonyl (C=O) groups excluding carboxylic acids is 1. The maximum Gasteiger partial charge on any atom is 0.278 e. The highest BCUT2D eigenvalue weighted by molar-refractivity contribution is 6.02. The first-order chi connectivity index (χ1) is 17.2. The van der Waals surface area contributed by atoms with Crippen molar-refractivity contribution in [2.45, 2.75) is 6.42 Å². The fraction of sp³-hybridized carbons (Fsp3) is 0.0345. The Morgan fingerprint density at radius 1 is 0.886 bits per heavy atom. The average Bonchev–Trinajstić information content (AvgIpc) is 2.89. The van der Waals surface area contributed by atoms with Crippen LogP contribution in [0.15, 0.2) is 114 Å². The summed E-state index contributed by atoms with van der Waals surface area (Å²) < 4.78 is 1.55. The van der Waals surface area contributed by atoms with Crippen LogP contribution in [0.3, 0.4) is 0 Å². The number of fused-ring (bicyclic) bond motifs is 1. The Kier molecular flexibility index (Phi) is 6.26. The summed E-state index contributed by atoms with van der Waals surface area (Å²) in [5, 5.41) is 2.87. The van der Waals surface area contributed by atoms with E-state index in [4.69, 9.17) is 0 Å². The monoisotopic (exact) mass is 458 g/mol. The molecule has 0 fully saturated rings. The van der Waals surface area contributed by atoms with E-state index in [2.05, 4.69) is 15.3 Å². The first kappa shape index (κ1) is 22.0. The van der Waals surface area contributed by atoms with Gasteiger partial charge in [0.25, 0.3) is 5.56 Å². The van der Waals surface area contributed by atoms with E-state index in [-0.39, 0.29) is 11.5 Å². The lowest BCUT2D eigenvalue weighted by atomic mass is 10.1. The van der Waals surface area contributed by atoms with Gasteiger partial charge in [-0.2, -0.15) is 0 Å². The average molecular weight is 459 g/mol. The normalized spacial score (nSPS) is 11.1. The molecule has 0 aliphatic carbocycles. The molecule has 0 bridgehead atoms. The van der Waals surface area contributed by atoms with Crippen molar-refractivity contribution in [2.24, 2.45) is 0 Å². The maximum atomic E-state index is 13.5. The van der Waals surface area contributed by atoms with E-state index in [1.807, 2.05) is 72.8 Å². The van der Waals surface area contributed by atoms with Crippen LogP contribution in [-0.2, 0) is 11.2 Å². The van der Waals surface area contributed by atoms with Gasteiger partial charge in [-0.05, 0) is 47.5 Å². The van der Waals surface area contributed by atoms with Gasteiger partial charge in [0.15, 0.2) is 5.65 Å². The summed E-state index contributed by atoms with van der Waals surface area (Å²) in [5.41, 5.74) is 4.37. The molecular weight excluding hydrogens is 436 g/mol. The number of anilines is 1. The van der Waals surface area contributed by atoms with Gasteiger partial charge < -0.3 is 5.32 Å². The highest BCUT2D eigenvalue weighted by atomic mass is 16.1. The number of benzene rings is 3. The Morgan fingerprint density at radius 2 is 1.66 bits per heavy atom. The number of hydrogen-bond acceptors (Lipinski definition) is 4. The van der Waals surface area contributed by atoms with E-state index in [1.54, 1.807) is 41.1 Å². The van der Waals surface area contributed by atoms with Crippen molar-refractivity contribution < 1.29 is 4.79 Å². The van der Waals surface area contributed by atoms with Crippen molar-refractivity contribution >= 4 is 28.8 Å². The molecule has 0 unspecified atom stereocenters. The lowest BCUT2D eigenvalue weighted by Gasteiger charge is -2.13. The van der Waals surface area contributed by atoms with Gasteiger partial charge in [0, 0.05) is 24.4 Å². The van der Waals surface area contributed by atoms with E-state index in [0.717, 1.165) is 11.1 Å². The van der Waals surface area contributed by atoms with Crippen molar-refractivity contribution in [1.29, 1.82) is 0 Å². The van der Waals surface area contributed by atoms with Crippen LogP contribution >= 0.6 is 0 Å². The van der Waals surface area contributed by atoms with Gasteiger partial charge >= 0.3 is 0 Å². The molecule has 6 nitrogen and oxygen atoms in total. The molecule has 6 heteroatoms. The molecule has 3 aromatic carbocycles. The number of nitrogens with zero attached hydrogens (tertiary/aromatic N) is 3. The molecule has 0 saturated carbocycles. The minimum absolute atomic E-state index is 0.243. The Morgan fingerprint density at radius 3 is 2.46 bits per heavy atom. The third kappa shape index (κ3) is 5.07. The molecule has 0 saturated heterocycles. The SMILES string of the molecule is O=C(/C=C/c1ccccc1)Nc1cccc(-n2c(=O)c(Cc3ccccc3)nc3cccnc32)c1. The second-order valence-electron chi connectivity index (χ2n) is 7.99. The molecule has 0 spiro atoms. The number of pyridine rings is 1. The standard InChI is InChI=1S/C29H22N4O2/c34-27(17-16-21-9-3-1-4-10-21)31-23-13-7-14-24(20-23)33-28-25(15-8-18-30-28)32-26(29(33)35)19-22-11-5-2-6-12-22/h1-18,20H,19H2,(H,31,34)/b17-16+. The van der Waals surface area contributed by atoms with Crippen molar-refractivity contribution in [2.75, 3.05) is 5.32 Å². The molecule has 35 heavy (non-hydrogen) atoms. The predicted octanol–water partition coefficient (Wildman–Crippen LogP) is 5.02. The van der Waals surface area contributed by atoms with Crippen LogP contribution in [0.25, 0.3) is 22.9 Å². The van der Waals surface area contributed by atoms with E-state index >= 15 is 0 Å². The molecule has 1 amide bonds. The second kappa shape index (κ2) is 9.97. The molecule has 0 atom stereocenters. The van der Waals surface area contributed by atoms with Crippen LogP contribution in [0.2, 0.25) is 0 Å². The van der Waals surface area contributed by atoms with E-state index < -0.39 is 0 Å². The number of nitrogens with one attached hydrogen (secondary N) is 1. The molecule has 0 aliphatic heterocycles.